The molecule has 0 atom stereocenters. The number of likely N-dealkylation sites (tertiary alicyclic amines) is 1. The molecule has 1 amide bonds. The highest BCUT2D eigenvalue weighted by Crippen LogP contribution is 2.33. The molecule has 0 saturated carbocycles. The van der Waals surface area contributed by atoms with Gasteiger partial charge in [0.1, 0.15) is 5.60 Å². The van der Waals surface area contributed by atoms with E-state index in [1.54, 1.807) is 11.8 Å². The number of carbonyl (C=O) groups is 2. The van der Waals surface area contributed by atoms with Crippen LogP contribution in [0.2, 0.25) is 0 Å². The topological polar surface area (TPSA) is 55.8 Å². The molecule has 0 bridgehead atoms. The van der Waals surface area contributed by atoms with E-state index in [1.807, 2.05) is 27.7 Å². The van der Waals surface area contributed by atoms with Crippen molar-refractivity contribution in [3.63, 3.8) is 0 Å². The summed E-state index contributed by atoms with van der Waals surface area (Å²) in [5.41, 5.74) is -0.978. The van der Waals surface area contributed by atoms with Gasteiger partial charge in [0, 0.05) is 13.1 Å². The molecule has 0 unspecified atom stereocenters. The van der Waals surface area contributed by atoms with Crippen molar-refractivity contribution in [3.05, 3.63) is 0 Å². The molecule has 0 aromatic heterocycles. The summed E-state index contributed by atoms with van der Waals surface area (Å²) in [6, 6.07) is 0. The summed E-state index contributed by atoms with van der Waals surface area (Å²) >= 11 is 0. The Kier molecular flexibility index (Phi) is 4.82. The normalized spacial score (nSPS) is 18.9. The fraction of sp³-hybridized carbons (Fsp3) is 0.857. The summed E-state index contributed by atoms with van der Waals surface area (Å²) in [7, 11) is 0. The second-order valence-electron chi connectivity index (χ2n) is 6.25. The maximum absolute atomic E-state index is 12.2. The van der Waals surface area contributed by atoms with Crippen molar-refractivity contribution >= 4 is 12.1 Å². The number of amides is 1. The maximum Gasteiger partial charge on any atom is 0.409 e. The molecule has 1 rings (SSSR count). The van der Waals surface area contributed by atoms with Crippen LogP contribution in [-0.4, -0.2) is 42.3 Å². The van der Waals surface area contributed by atoms with Crippen molar-refractivity contribution in [1.29, 1.82) is 0 Å². The Bertz CT molecular complexity index is 338. The number of piperidine rings is 1. The van der Waals surface area contributed by atoms with E-state index < -0.39 is 11.0 Å². The Morgan fingerprint density at radius 1 is 1.21 bits per heavy atom. The fourth-order valence-corrected chi connectivity index (χ4v) is 2.00. The molecule has 0 aliphatic carbocycles. The minimum Gasteiger partial charge on any atom is -0.460 e. The molecule has 0 aromatic rings. The number of carbonyl (C=O) groups excluding carboxylic acids is 2. The van der Waals surface area contributed by atoms with Gasteiger partial charge in [-0.05, 0) is 47.5 Å². The number of hydrogen-bond donors (Lipinski definition) is 0. The van der Waals surface area contributed by atoms with Crippen molar-refractivity contribution in [2.75, 3.05) is 19.7 Å². The number of nitrogens with zero attached hydrogens (tertiary/aromatic N) is 1. The molecule has 0 N–H and O–H groups in total. The third-order valence-electron chi connectivity index (χ3n) is 3.28. The van der Waals surface area contributed by atoms with E-state index in [0.717, 1.165) is 0 Å². The number of esters is 1. The van der Waals surface area contributed by atoms with Crippen molar-refractivity contribution in [1.82, 2.24) is 4.90 Å². The zero-order chi connectivity index (χ0) is 14.7. The largest absolute Gasteiger partial charge is 0.460 e. The molecule has 0 spiro atoms. The zero-order valence-electron chi connectivity index (χ0n) is 12.6. The minimum absolute atomic E-state index is 0.177. The first-order valence-electron chi connectivity index (χ1n) is 6.83. The van der Waals surface area contributed by atoms with Crippen LogP contribution in [0.15, 0.2) is 0 Å². The predicted octanol–water partition coefficient (Wildman–Crippen LogP) is 2.59. The van der Waals surface area contributed by atoms with Gasteiger partial charge in [0.2, 0.25) is 0 Å². The average Bonchev–Trinajstić information content (AvgIpc) is 2.28. The lowest BCUT2D eigenvalue weighted by Gasteiger charge is -2.38. The second kappa shape index (κ2) is 5.80. The molecular formula is C14H25NO4. The fourth-order valence-electron chi connectivity index (χ4n) is 2.00. The first-order valence-corrected chi connectivity index (χ1v) is 6.83. The molecule has 1 aliphatic heterocycles. The molecule has 1 saturated heterocycles. The average molecular weight is 271 g/mol. The van der Waals surface area contributed by atoms with Gasteiger partial charge in [-0.3, -0.25) is 4.79 Å². The third-order valence-corrected chi connectivity index (χ3v) is 3.28. The van der Waals surface area contributed by atoms with Gasteiger partial charge in [-0.1, -0.05) is 0 Å². The van der Waals surface area contributed by atoms with E-state index in [-0.39, 0.29) is 12.1 Å². The maximum atomic E-state index is 12.2. The zero-order valence-corrected chi connectivity index (χ0v) is 12.6. The monoisotopic (exact) mass is 271 g/mol. The smallest absolute Gasteiger partial charge is 0.409 e. The first-order chi connectivity index (χ1) is 8.68. The van der Waals surface area contributed by atoms with Crippen molar-refractivity contribution in [3.8, 4) is 0 Å². The van der Waals surface area contributed by atoms with E-state index in [4.69, 9.17) is 9.47 Å². The molecule has 5 nitrogen and oxygen atoms in total. The van der Waals surface area contributed by atoms with E-state index in [2.05, 4.69) is 0 Å². The molecule has 1 heterocycles. The van der Waals surface area contributed by atoms with Crippen molar-refractivity contribution in [2.45, 2.75) is 53.1 Å². The van der Waals surface area contributed by atoms with Gasteiger partial charge in [-0.2, -0.15) is 0 Å². The number of ether oxygens (including phenoxy) is 2. The van der Waals surface area contributed by atoms with Crippen LogP contribution in [0.1, 0.15) is 47.5 Å². The van der Waals surface area contributed by atoms with Crippen LogP contribution in [0.25, 0.3) is 0 Å². The highest BCUT2D eigenvalue weighted by atomic mass is 16.6. The van der Waals surface area contributed by atoms with Crippen LogP contribution >= 0.6 is 0 Å². The third kappa shape index (κ3) is 4.40. The van der Waals surface area contributed by atoms with Crippen LogP contribution < -0.4 is 0 Å². The summed E-state index contributed by atoms with van der Waals surface area (Å²) in [5, 5.41) is 0. The molecular weight excluding hydrogens is 246 g/mol. The lowest BCUT2D eigenvalue weighted by atomic mass is 9.80. The second-order valence-corrected chi connectivity index (χ2v) is 6.25. The van der Waals surface area contributed by atoms with Crippen molar-refractivity contribution < 1.29 is 19.1 Å². The van der Waals surface area contributed by atoms with Gasteiger partial charge in [0.15, 0.2) is 0 Å². The number of hydrogen-bond acceptors (Lipinski definition) is 4. The van der Waals surface area contributed by atoms with Gasteiger partial charge in [0.25, 0.3) is 0 Å². The standard InChI is InChI=1S/C14H25NO4/c1-6-18-12(17)15-9-7-14(5,8-10-15)11(16)19-13(2,3)4/h6-10H2,1-5H3. The highest BCUT2D eigenvalue weighted by molar-refractivity contribution is 5.77. The summed E-state index contributed by atoms with van der Waals surface area (Å²) in [6.07, 6.45) is 0.926. The Morgan fingerprint density at radius 2 is 1.74 bits per heavy atom. The van der Waals surface area contributed by atoms with Crippen molar-refractivity contribution in [2.24, 2.45) is 5.41 Å². The summed E-state index contributed by atoms with van der Waals surface area (Å²) in [5.74, 6) is -0.177. The molecule has 110 valence electrons. The predicted molar refractivity (Wildman–Crippen MR) is 71.8 cm³/mol. The van der Waals surface area contributed by atoms with Gasteiger partial charge < -0.3 is 14.4 Å². The van der Waals surface area contributed by atoms with Gasteiger partial charge in [-0.25, -0.2) is 4.79 Å². The first kappa shape index (κ1) is 15.8. The van der Waals surface area contributed by atoms with Gasteiger partial charge >= 0.3 is 12.1 Å². The Morgan fingerprint density at radius 3 is 2.16 bits per heavy atom. The van der Waals surface area contributed by atoms with E-state index in [1.165, 1.54) is 0 Å². The van der Waals surface area contributed by atoms with E-state index in [0.29, 0.717) is 32.5 Å². The van der Waals surface area contributed by atoms with Crippen LogP contribution in [-0.2, 0) is 14.3 Å². The number of rotatable bonds is 2. The summed E-state index contributed by atoms with van der Waals surface area (Å²) in [6.45, 7) is 10.7. The summed E-state index contributed by atoms with van der Waals surface area (Å²) in [4.78, 5) is 25.4. The van der Waals surface area contributed by atoms with Crippen LogP contribution in [0.3, 0.4) is 0 Å². The Hall–Kier alpha value is -1.26. The Labute approximate surface area is 115 Å². The molecule has 1 aliphatic rings. The molecule has 1 fully saturated rings. The SMILES string of the molecule is CCOC(=O)N1CCC(C)(C(=O)OC(C)(C)C)CC1. The molecule has 0 aromatic carbocycles. The van der Waals surface area contributed by atoms with Crippen LogP contribution in [0.5, 0.6) is 0 Å². The molecule has 0 radical (unpaired) electrons. The summed E-state index contributed by atoms with van der Waals surface area (Å²) < 4.78 is 10.4. The van der Waals surface area contributed by atoms with Gasteiger partial charge in [-0.15, -0.1) is 0 Å². The molecule has 19 heavy (non-hydrogen) atoms. The van der Waals surface area contributed by atoms with E-state index in [9.17, 15) is 9.59 Å². The van der Waals surface area contributed by atoms with Crippen LogP contribution in [0, 0.1) is 5.41 Å². The lowest BCUT2D eigenvalue weighted by Crippen LogP contribution is -2.47. The highest BCUT2D eigenvalue weighted by Gasteiger charge is 2.41. The van der Waals surface area contributed by atoms with Crippen LogP contribution in [0.4, 0.5) is 4.79 Å². The van der Waals surface area contributed by atoms with E-state index >= 15 is 0 Å². The van der Waals surface area contributed by atoms with Gasteiger partial charge in [0.05, 0.1) is 12.0 Å². The molecule has 5 heteroatoms. The lowest BCUT2D eigenvalue weighted by molar-refractivity contribution is -0.169. The minimum atomic E-state index is -0.504. The quantitative estimate of drug-likeness (QED) is 0.724. The Balaban J connectivity index is 2.56.